The number of sulfonamides is 2. The fourth-order valence-corrected chi connectivity index (χ4v) is 5.15. The third-order valence-corrected chi connectivity index (χ3v) is 7.45. The van der Waals surface area contributed by atoms with Crippen molar-refractivity contribution in [2.45, 2.75) is 25.7 Å². The topological polar surface area (TPSA) is 92.8 Å². The highest BCUT2D eigenvalue weighted by molar-refractivity contribution is 7.95. The van der Waals surface area contributed by atoms with Gasteiger partial charge < -0.3 is 4.74 Å². The Bertz CT molecular complexity index is 1090. The Balaban J connectivity index is 2.39. The van der Waals surface area contributed by atoms with E-state index in [1.807, 2.05) is 0 Å². The van der Waals surface area contributed by atoms with Crippen molar-refractivity contribution in [3.63, 3.8) is 0 Å². The smallest absolute Gasteiger partial charge is 0.255 e. The minimum absolute atomic E-state index is 0.0194. The van der Waals surface area contributed by atoms with E-state index in [0.717, 1.165) is 5.41 Å². The van der Waals surface area contributed by atoms with Gasteiger partial charge in [-0.15, -0.1) is 0 Å². The Morgan fingerprint density at radius 2 is 1.63 bits per heavy atom. The molecule has 0 aliphatic heterocycles. The van der Waals surface area contributed by atoms with Gasteiger partial charge >= 0.3 is 0 Å². The third kappa shape index (κ3) is 6.21. The monoisotopic (exact) mass is 472 g/mol. The number of halogens is 1. The van der Waals surface area contributed by atoms with E-state index in [1.165, 1.54) is 28.6 Å². The first kappa shape index (κ1) is 24.2. The zero-order chi connectivity index (χ0) is 22.4. The number of hydrogen-bond donors (Lipinski definition) is 1. The van der Waals surface area contributed by atoms with Gasteiger partial charge in [-0.25, -0.2) is 16.8 Å². The van der Waals surface area contributed by atoms with Crippen molar-refractivity contribution >= 4 is 43.4 Å². The summed E-state index contributed by atoms with van der Waals surface area (Å²) in [6.45, 7) is 6.12. The van der Waals surface area contributed by atoms with E-state index in [0.29, 0.717) is 23.7 Å². The quantitative estimate of drug-likeness (QED) is 0.559. The molecule has 0 aliphatic rings. The molecule has 0 saturated heterocycles. The molecule has 1 N–H and O–H groups in total. The molecule has 7 nitrogen and oxygen atoms in total. The highest BCUT2D eigenvalue weighted by Crippen LogP contribution is 2.30. The van der Waals surface area contributed by atoms with E-state index in [2.05, 4.69) is 4.72 Å². The maximum atomic E-state index is 12.8. The first-order valence-electron chi connectivity index (χ1n) is 9.36. The normalized spacial score (nSPS) is 12.4. The van der Waals surface area contributed by atoms with E-state index < -0.39 is 20.0 Å². The fraction of sp³-hybridized carbons (Fsp3) is 0.300. The van der Waals surface area contributed by atoms with Crippen molar-refractivity contribution in [2.75, 3.05) is 24.4 Å². The van der Waals surface area contributed by atoms with Crippen LogP contribution in [0.15, 0.2) is 52.8 Å². The number of nitrogens with zero attached hydrogens (tertiary/aromatic N) is 1. The van der Waals surface area contributed by atoms with Gasteiger partial charge in [0.25, 0.3) is 10.0 Å². The van der Waals surface area contributed by atoms with Crippen LogP contribution in [0, 0.1) is 0 Å². The van der Waals surface area contributed by atoms with Crippen molar-refractivity contribution in [3.05, 3.63) is 58.5 Å². The van der Waals surface area contributed by atoms with Gasteiger partial charge in [-0.2, -0.15) is 4.31 Å². The lowest BCUT2D eigenvalue weighted by molar-refractivity contribution is 0.342. The van der Waals surface area contributed by atoms with Gasteiger partial charge in [0.1, 0.15) is 5.75 Å². The van der Waals surface area contributed by atoms with E-state index in [-0.39, 0.29) is 22.9 Å². The van der Waals surface area contributed by atoms with Gasteiger partial charge in [-0.05, 0) is 48.9 Å². The summed E-state index contributed by atoms with van der Waals surface area (Å²) in [5, 5.41) is 1.54. The van der Waals surface area contributed by atoms with Gasteiger partial charge in [0.05, 0.1) is 22.6 Å². The average molecular weight is 473 g/mol. The molecule has 164 valence electrons. The molecule has 30 heavy (non-hydrogen) atoms. The SMILES string of the molecule is CCOc1ccc(S(=O)(=O)N(CC)CC)cc1NS(=O)(=O)/C=C/c1ccc(Cl)cc1. The Kier molecular flexibility index (Phi) is 8.31. The van der Waals surface area contributed by atoms with Crippen LogP contribution in [-0.4, -0.2) is 40.8 Å². The van der Waals surface area contributed by atoms with Crippen LogP contribution in [0.4, 0.5) is 5.69 Å². The summed E-state index contributed by atoms with van der Waals surface area (Å²) in [4.78, 5) is -0.0194. The summed E-state index contributed by atoms with van der Waals surface area (Å²) in [5.74, 6) is 0.236. The molecule has 0 bridgehead atoms. The number of benzene rings is 2. The number of rotatable bonds is 10. The van der Waals surface area contributed by atoms with Gasteiger partial charge in [0.15, 0.2) is 0 Å². The third-order valence-electron chi connectivity index (χ3n) is 4.16. The first-order valence-corrected chi connectivity index (χ1v) is 12.7. The summed E-state index contributed by atoms with van der Waals surface area (Å²) in [7, 11) is -7.69. The lowest BCUT2D eigenvalue weighted by Gasteiger charge is -2.20. The molecule has 0 radical (unpaired) electrons. The van der Waals surface area contributed by atoms with Crippen LogP contribution in [0.25, 0.3) is 6.08 Å². The minimum Gasteiger partial charge on any atom is -0.492 e. The summed E-state index contributed by atoms with van der Waals surface area (Å²) in [6, 6.07) is 10.8. The zero-order valence-electron chi connectivity index (χ0n) is 17.0. The average Bonchev–Trinajstić information content (AvgIpc) is 2.69. The van der Waals surface area contributed by atoms with Crippen LogP contribution in [-0.2, 0) is 20.0 Å². The lowest BCUT2D eigenvalue weighted by Crippen LogP contribution is -2.30. The Morgan fingerprint density at radius 1 is 1.00 bits per heavy atom. The second kappa shape index (κ2) is 10.3. The Morgan fingerprint density at radius 3 is 2.20 bits per heavy atom. The predicted octanol–water partition coefficient (Wildman–Crippen LogP) is 4.18. The number of anilines is 1. The van der Waals surface area contributed by atoms with Gasteiger partial charge in [-0.3, -0.25) is 4.72 Å². The van der Waals surface area contributed by atoms with Crippen LogP contribution in [0.1, 0.15) is 26.3 Å². The zero-order valence-corrected chi connectivity index (χ0v) is 19.4. The van der Waals surface area contributed by atoms with Crippen LogP contribution in [0.5, 0.6) is 5.75 Å². The number of ether oxygens (including phenoxy) is 1. The lowest BCUT2D eigenvalue weighted by atomic mass is 10.2. The van der Waals surface area contributed by atoms with Crippen LogP contribution in [0.3, 0.4) is 0 Å². The Labute approximate surface area is 183 Å². The predicted molar refractivity (Wildman–Crippen MR) is 121 cm³/mol. The molecule has 0 saturated carbocycles. The Hall–Kier alpha value is -2.07. The molecular weight excluding hydrogens is 448 g/mol. The van der Waals surface area contributed by atoms with E-state index in [1.54, 1.807) is 45.0 Å². The first-order chi connectivity index (χ1) is 14.1. The van der Waals surface area contributed by atoms with Crippen LogP contribution < -0.4 is 9.46 Å². The standard InChI is InChI=1S/C20H25ClN2O5S2/c1-4-23(5-2)30(26,27)18-11-12-20(28-6-3)19(15-18)22-29(24,25)14-13-16-7-9-17(21)10-8-16/h7-15,22H,4-6H2,1-3H3/b14-13+. The molecule has 0 fully saturated rings. The molecule has 0 atom stereocenters. The van der Waals surface area contributed by atoms with Crippen LogP contribution >= 0.6 is 11.6 Å². The molecule has 0 aromatic heterocycles. The molecule has 0 spiro atoms. The number of nitrogens with one attached hydrogen (secondary N) is 1. The second-order valence-electron chi connectivity index (χ2n) is 6.18. The largest absolute Gasteiger partial charge is 0.492 e. The number of hydrogen-bond acceptors (Lipinski definition) is 5. The van der Waals surface area contributed by atoms with E-state index in [4.69, 9.17) is 16.3 Å². The molecule has 0 aliphatic carbocycles. The molecule has 0 amide bonds. The molecule has 0 unspecified atom stereocenters. The van der Waals surface area contributed by atoms with E-state index >= 15 is 0 Å². The molecule has 2 aromatic rings. The molecule has 2 aromatic carbocycles. The van der Waals surface area contributed by atoms with Crippen molar-refractivity contribution in [3.8, 4) is 5.75 Å². The maximum absolute atomic E-state index is 12.8. The summed E-state index contributed by atoms with van der Waals surface area (Å²) in [6.07, 6.45) is 1.41. The maximum Gasteiger partial charge on any atom is 0.255 e. The molecule has 0 heterocycles. The van der Waals surface area contributed by atoms with Crippen molar-refractivity contribution in [1.29, 1.82) is 0 Å². The second-order valence-corrected chi connectivity index (χ2v) is 10.1. The van der Waals surface area contributed by atoms with Gasteiger partial charge in [0, 0.05) is 18.1 Å². The van der Waals surface area contributed by atoms with Crippen molar-refractivity contribution < 1.29 is 21.6 Å². The molecular formula is C20H25ClN2O5S2. The van der Waals surface area contributed by atoms with Gasteiger partial charge in [0.2, 0.25) is 10.0 Å². The molecule has 2 rings (SSSR count). The highest BCUT2D eigenvalue weighted by atomic mass is 35.5. The van der Waals surface area contributed by atoms with Crippen molar-refractivity contribution in [1.82, 2.24) is 4.31 Å². The van der Waals surface area contributed by atoms with Gasteiger partial charge in [-0.1, -0.05) is 37.6 Å². The van der Waals surface area contributed by atoms with Crippen molar-refractivity contribution in [2.24, 2.45) is 0 Å². The van der Waals surface area contributed by atoms with E-state index in [9.17, 15) is 16.8 Å². The summed E-state index contributed by atoms with van der Waals surface area (Å²) in [5.41, 5.74) is 0.693. The fourth-order valence-electron chi connectivity index (χ4n) is 2.67. The highest BCUT2D eigenvalue weighted by Gasteiger charge is 2.23. The minimum atomic E-state index is -3.93. The summed E-state index contributed by atoms with van der Waals surface area (Å²) >= 11 is 5.83. The summed E-state index contributed by atoms with van der Waals surface area (Å²) < 4.78 is 59.9. The molecule has 10 heteroatoms. The van der Waals surface area contributed by atoms with Crippen LogP contribution in [0.2, 0.25) is 5.02 Å².